The Kier molecular flexibility index (Phi) is 4.09. The largest absolute Gasteiger partial charge is 0.340 e. The predicted molar refractivity (Wildman–Crippen MR) is 79.6 cm³/mol. The van der Waals surface area contributed by atoms with Gasteiger partial charge in [0.1, 0.15) is 6.04 Å². The molecule has 6 heteroatoms. The van der Waals surface area contributed by atoms with Gasteiger partial charge in [0, 0.05) is 25.1 Å². The first-order chi connectivity index (χ1) is 10.7. The average molecular weight is 301 g/mol. The lowest BCUT2D eigenvalue weighted by molar-refractivity contribution is -0.165. The first-order valence-corrected chi connectivity index (χ1v) is 7.64. The minimum Gasteiger partial charge on any atom is -0.340 e. The summed E-state index contributed by atoms with van der Waals surface area (Å²) in [6.07, 6.45) is 2.43. The Bertz CT molecular complexity index is 588. The number of hydrogen-bond donors (Lipinski definition) is 1. The lowest BCUT2D eigenvalue weighted by Crippen LogP contribution is -2.56. The van der Waals surface area contributed by atoms with Crippen LogP contribution in [0.2, 0.25) is 0 Å². The Labute approximate surface area is 129 Å². The molecule has 0 aromatic heterocycles. The molecule has 1 unspecified atom stereocenters. The Balaban J connectivity index is 1.75. The van der Waals surface area contributed by atoms with Crippen molar-refractivity contribution >= 4 is 17.7 Å². The summed E-state index contributed by atoms with van der Waals surface area (Å²) in [6, 6.07) is 8.15. The molecular weight excluding hydrogens is 282 g/mol. The van der Waals surface area contributed by atoms with Crippen molar-refractivity contribution in [2.75, 3.05) is 13.1 Å². The monoisotopic (exact) mass is 301 g/mol. The summed E-state index contributed by atoms with van der Waals surface area (Å²) in [7, 11) is 0. The van der Waals surface area contributed by atoms with Crippen LogP contribution in [0.4, 0.5) is 0 Å². The van der Waals surface area contributed by atoms with Crippen molar-refractivity contribution in [1.82, 2.24) is 15.3 Å². The maximum atomic E-state index is 12.6. The fraction of sp³-hybridized carbons (Fsp3) is 0.438. The van der Waals surface area contributed by atoms with E-state index in [9.17, 15) is 14.4 Å². The van der Waals surface area contributed by atoms with Crippen LogP contribution in [0.3, 0.4) is 0 Å². The van der Waals surface area contributed by atoms with Crippen LogP contribution < -0.4 is 5.32 Å². The summed E-state index contributed by atoms with van der Waals surface area (Å²) in [6.45, 7) is 1.13. The molecule has 1 aromatic carbocycles. The molecule has 6 nitrogen and oxygen atoms in total. The summed E-state index contributed by atoms with van der Waals surface area (Å²) in [4.78, 5) is 37.0. The van der Waals surface area contributed by atoms with Crippen molar-refractivity contribution < 1.29 is 14.4 Å². The van der Waals surface area contributed by atoms with Gasteiger partial charge in [0.2, 0.25) is 5.91 Å². The van der Waals surface area contributed by atoms with E-state index in [1.165, 1.54) is 5.01 Å². The van der Waals surface area contributed by atoms with E-state index in [1.54, 1.807) is 29.3 Å². The fourth-order valence-electron chi connectivity index (χ4n) is 2.92. The van der Waals surface area contributed by atoms with Gasteiger partial charge in [-0.3, -0.25) is 19.4 Å². The van der Waals surface area contributed by atoms with Crippen molar-refractivity contribution in [3.63, 3.8) is 0 Å². The molecule has 3 amide bonds. The normalized spacial score (nSPS) is 22.1. The number of nitrogens with zero attached hydrogens (tertiary/aromatic N) is 2. The molecule has 1 aromatic rings. The van der Waals surface area contributed by atoms with Gasteiger partial charge in [0.15, 0.2) is 0 Å². The van der Waals surface area contributed by atoms with Crippen molar-refractivity contribution in [2.24, 2.45) is 0 Å². The molecule has 22 heavy (non-hydrogen) atoms. The topological polar surface area (TPSA) is 69.7 Å². The molecule has 0 bridgehead atoms. The summed E-state index contributed by atoms with van der Waals surface area (Å²) in [5, 5.41) is 5.82. The molecule has 1 N–H and O–H groups in total. The van der Waals surface area contributed by atoms with E-state index in [4.69, 9.17) is 0 Å². The highest BCUT2D eigenvalue weighted by molar-refractivity contribution is 5.98. The number of carbonyl (C=O) groups is 3. The van der Waals surface area contributed by atoms with Gasteiger partial charge in [0.25, 0.3) is 11.8 Å². The molecule has 0 radical (unpaired) electrons. The third kappa shape index (κ3) is 2.81. The third-order valence-electron chi connectivity index (χ3n) is 4.11. The molecule has 2 saturated heterocycles. The fourth-order valence-corrected chi connectivity index (χ4v) is 2.92. The first-order valence-electron chi connectivity index (χ1n) is 7.64. The number of hydrazine groups is 1. The van der Waals surface area contributed by atoms with Crippen molar-refractivity contribution in [3.8, 4) is 0 Å². The highest BCUT2D eigenvalue weighted by atomic mass is 16.2. The summed E-state index contributed by atoms with van der Waals surface area (Å²) < 4.78 is 0. The Hall–Kier alpha value is -2.37. The standard InChI is InChI=1S/C16H19N3O3/c20-14-9-8-13(16(22)19-11-5-4-10-18(14)19)17-15(21)12-6-2-1-3-7-12/h1-3,6-7,13H,4-5,8-11H2,(H,17,21). The Morgan fingerprint density at radius 3 is 2.45 bits per heavy atom. The smallest absolute Gasteiger partial charge is 0.263 e. The summed E-state index contributed by atoms with van der Waals surface area (Å²) in [5.74, 6) is -0.504. The Morgan fingerprint density at radius 2 is 1.73 bits per heavy atom. The zero-order valence-electron chi connectivity index (χ0n) is 12.3. The van der Waals surface area contributed by atoms with Gasteiger partial charge >= 0.3 is 0 Å². The third-order valence-corrected chi connectivity index (χ3v) is 4.11. The van der Waals surface area contributed by atoms with Crippen molar-refractivity contribution in [3.05, 3.63) is 35.9 Å². The predicted octanol–water partition coefficient (Wildman–Crippen LogP) is 0.945. The van der Waals surface area contributed by atoms with E-state index in [0.29, 0.717) is 25.1 Å². The minimum absolute atomic E-state index is 0.0375. The second kappa shape index (κ2) is 6.17. The van der Waals surface area contributed by atoms with E-state index in [0.717, 1.165) is 12.8 Å². The lowest BCUT2D eigenvalue weighted by Gasteiger charge is -2.37. The van der Waals surface area contributed by atoms with Crippen LogP contribution in [0.25, 0.3) is 0 Å². The summed E-state index contributed by atoms with van der Waals surface area (Å²) in [5.41, 5.74) is 0.515. The maximum absolute atomic E-state index is 12.6. The number of hydrogen-bond acceptors (Lipinski definition) is 3. The number of fused-ring (bicyclic) bond motifs is 1. The Morgan fingerprint density at radius 1 is 1.05 bits per heavy atom. The molecule has 2 aliphatic heterocycles. The van der Waals surface area contributed by atoms with Crippen LogP contribution in [-0.2, 0) is 9.59 Å². The molecule has 2 fully saturated rings. The van der Waals surface area contributed by atoms with E-state index in [1.807, 2.05) is 6.07 Å². The average Bonchev–Trinajstić information content (AvgIpc) is 2.68. The first kappa shape index (κ1) is 14.6. The van der Waals surface area contributed by atoms with Gasteiger partial charge in [-0.2, -0.15) is 0 Å². The highest BCUT2D eigenvalue weighted by Crippen LogP contribution is 2.20. The quantitative estimate of drug-likeness (QED) is 0.884. The van der Waals surface area contributed by atoms with Crippen LogP contribution in [0, 0.1) is 0 Å². The number of rotatable bonds is 2. The minimum atomic E-state index is -0.639. The number of nitrogens with one attached hydrogen (secondary N) is 1. The van der Waals surface area contributed by atoms with Crippen LogP contribution in [0.15, 0.2) is 30.3 Å². The zero-order valence-corrected chi connectivity index (χ0v) is 12.3. The van der Waals surface area contributed by atoms with E-state index in [-0.39, 0.29) is 24.1 Å². The van der Waals surface area contributed by atoms with Gasteiger partial charge in [-0.1, -0.05) is 18.2 Å². The second-order valence-electron chi connectivity index (χ2n) is 5.62. The molecule has 0 saturated carbocycles. The lowest BCUT2D eigenvalue weighted by atomic mass is 10.1. The molecule has 3 rings (SSSR count). The van der Waals surface area contributed by atoms with Gasteiger partial charge in [-0.15, -0.1) is 0 Å². The molecule has 2 heterocycles. The van der Waals surface area contributed by atoms with E-state index >= 15 is 0 Å². The number of amides is 3. The SMILES string of the molecule is O=C(NC1CCC(=O)N2CCCCN2C1=O)c1ccccc1. The van der Waals surface area contributed by atoms with E-state index in [2.05, 4.69) is 5.32 Å². The van der Waals surface area contributed by atoms with Crippen molar-refractivity contribution in [1.29, 1.82) is 0 Å². The molecule has 0 aliphatic carbocycles. The van der Waals surface area contributed by atoms with Crippen LogP contribution in [0.5, 0.6) is 0 Å². The second-order valence-corrected chi connectivity index (χ2v) is 5.62. The van der Waals surface area contributed by atoms with Gasteiger partial charge in [-0.25, -0.2) is 5.01 Å². The van der Waals surface area contributed by atoms with Crippen LogP contribution in [0.1, 0.15) is 36.0 Å². The van der Waals surface area contributed by atoms with Gasteiger partial charge < -0.3 is 5.32 Å². The number of carbonyl (C=O) groups excluding carboxylic acids is 3. The molecular formula is C16H19N3O3. The van der Waals surface area contributed by atoms with Crippen LogP contribution >= 0.6 is 0 Å². The van der Waals surface area contributed by atoms with E-state index < -0.39 is 6.04 Å². The highest BCUT2D eigenvalue weighted by Gasteiger charge is 2.37. The molecule has 2 aliphatic rings. The maximum Gasteiger partial charge on any atom is 0.263 e. The van der Waals surface area contributed by atoms with Crippen molar-refractivity contribution in [2.45, 2.75) is 31.7 Å². The van der Waals surface area contributed by atoms with Crippen LogP contribution in [-0.4, -0.2) is 46.9 Å². The molecule has 0 spiro atoms. The van der Waals surface area contributed by atoms with Gasteiger partial charge in [0.05, 0.1) is 0 Å². The van der Waals surface area contributed by atoms with Gasteiger partial charge in [-0.05, 0) is 31.4 Å². The summed E-state index contributed by atoms with van der Waals surface area (Å²) >= 11 is 0. The molecule has 1 atom stereocenters. The number of benzene rings is 1. The molecule has 116 valence electrons. The zero-order chi connectivity index (χ0) is 15.5.